The number of hydroxylamine groups is 1. The van der Waals surface area contributed by atoms with E-state index in [4.69, 9.17) is 4.74 Å². The summed E-state index contributed by atoms with van der Waals surface area (Å²) in [5.41, 5.74) is 4.02. The number of aryl methyl sites for hydroxylation is 1. The molecule has 1 saturated heterocycles. The molecule has 0 radical (unpaired) electrons. The van der Waals surface area contributed by atoms with Crippen molar-refractivity contribution in [3.8, 4) is 5.75 Å². The van der Waals surface area contributed by atoms with Crippen molar-refractivity contribution in [1.29, 1.82) is 0 Å². The third-order valence-corrected chi connectivity index (χ3v) is 5.92. The topological polar surface area (TPSA) is 109 Å². The lowest BCUT2D eigenvalue weighted by molar-refractivity contribution is 0.0692. The minimum absolute atomic E-state index is 0.0201. The van der Waals surface area contributed by atoms with Crippen molar-refractivity contribution in [2.45, 2.75) is 32.0 Å². The Morgan fingerprint density at radius 2 is 1.88 bits per heavy atom. The molecule has 3 N–H and O–H groups in total. The van der Waals surface area contributed by atoms with Gasteiger partial charge in [0.25, 0.3) is 11.8 Å². The molecule has 1 atom stereocenters. The molecule has 1 unspecified atom stereocenters. The summed E-state index contributed by atoms with van der Waals surface area (Å²) in [5, 5.41) is 12.3. The minimum Gasteiger partial charge on any atom is -0.486 e. The van der Waals surface area contributed by atoms with Crippen LogP contribution in [0.25, 0.3) is 0 Å². The molecule has 1 fully saturated rings. The molecule has 9 nitrogen and oxygen atoms in total. The highest BCUT2D eigenvalue weighted by Crippen LogP contribution is 2.28. The van der Waals surface area contributed by atoms with Gasteiger partial charge in [-0.25, -0.2) is 5.48 Å². The van der Waals surface area contributed by atoms with Crippen molar-refractivity contribution in [3.05, 3.63) is 83.4 Å². The van der Waals surface area contributed by atoms with Crippen molar-refractivity contribution in [3.63, 3.8) is 0 Å². The van der Waals surface area contributed by atoms with Crippen LogP contribution in [0.2, 0.25) is 0 Å². The Labute approximate surface area is 198 Å². The minimum atomic E-state index is -0.752. The quantitative estimate of drug-likeness (QED) is 0.350. The summed E-state index contributed by atoms with van der Waals surface area (Å²) in [6, 6.07) is 13.8. The number of carbonyl (C=O) groups is 2. The number of amides is 2. The Hall–Kier alpha value is -3.69. The maximum atomic E-state index is 13.3. The van der Waals surface area contributed by atoms with Gasteiger partial charge in [-0.1, -0.05) is 30.3 Å². The van der Waals surface area contributed by atoms with Crippen molar-refractivity contribution >= 4 is 11.8 Å². The Morgan fingerprint density at radius 1 is 1.12 bits per heavy atom. The summed E-state index contributed by atoms with van der Waals surface area (Å²) in [4.78, 5) is 31.9. The number of hydrogen-bond donors (Lipinski definition) is 3. The lowest BCUT2D eigenvalue weighted by Crippen LogP contribution is -2.47. The standard InChI is InChI=1S/C25H29N5O4/c1-29-16-21(23(22(29)25(32)28-33)34-17-19-9-11-26-12-10-19)24(31)27-20-8-5-13-30(15-20)14-18-6-3-2-4-7-18/h2-4,6-7,9-12,16,20,33H,5,8,13-15,17H2,1H3,(H,27,31)(H,28,32). The molecule has 0 spiro atoms. The molecule has 34 heavy (non-hydrogen) atoms. The molecular weight excluding hydrogens is 434 g/mol. The zero-order valence-corrected chi connectivity index (χ0v) is 19.1. The fourth-order valence-electron chi connectivity index (χ4n) is 4.28. The molecule has 0 aliphatic carbocycles. The zero-order chi connectivity index (χ0) is 23.9. The van der Waals surface area contributed by atoms with E-state index in [2.05, 4.69) is 27.3 Å². The van der Waals surface area contributed by atoms with Gasteiger partial charge in [0.05, 0.1) is 5.56 Å². The predicted molar refractivity (Wildman–Crippen MR) is 125 cm³/mol. The molecule has 2 amide bonds. The number of nitrogens with zero attached hydrogens (tertiary/aromatic N) is 3. The molecule has 0 bridgehead atoms. The van der Waals surface area contributed by atoms with Gasteiger partial charge in [-0.2, -0.15) is 0 Å². The fourth-order valence-corrected chi connectivity index (χ4v) is 4.28. The highest BCUT2D eigenvalue weighted by molar-refractivity contribution is 6.03. The molecule has 4 rings (SSSR count). The second kappa shape index (κ2) is 11.0. The SMILES string of the molecule is Cn1cc(C(=O)NC2CCCN(Cc3ccccc3)C2)c(OCc2ccncc2)c1C(=O)NO. The molecule has 2 aromatic heterocycles. The first kappa shape index (κ1) is 23.5. The summed E-state index contributed by atoms with van der Waals surface area (Å²) >= 11 is 0. The van der Waals surface area contributed by atoms with Crippen LogP contribution in [0.15, 0.2) is 61.1 Å². The van der Waals surface area contributed by atoms with Gasteiger partial charge in [0.2, 0.25) is 0 Å². The number of carbonyl (C=O) groups excluding carboxylic acids is 2. The third-order valence-electron chi connectivity index (χ3n) is 5.92. The van der Waals surface area contributed by atoms with E-state index in [0.29, 0.717) is 0 Å². The largest absolute Gasteiger partial charge is 0.486 e. The Kier molecular flexibility index (Phi) is 7.56. The maximum absolute atomic E-state index is 13.3. The van der Waals surface area contributed by atoms with Crippen molar-refractivity contribution < 1.29 is 19.5 Å². The van der Waals surface area contributed by atoms with Crippen LogP contribution >= 0.6 is 0 Å². The number of benzene rings is 1. The first-order chi connectivity index (χ1) is 16.5. The van der Waals surface area contributed by atoms with E-state index < -0.39 is 5.91 Å². The van der Waals surface area contributed by atoms with Crippen molar-refractivity contribution in [1.82, 2.24) is 25.2 Å². The molecule has 9 heteroatoms. The van der Waals surface area contributed by atoms with E-state index in [9.17, 15) is 14.8 Å². The van der Waals surface area contributed by atoms with Crippen LogP contribution in [0.1, 0.15) is 44.8 Å². The second-order valence-electron chi connectivity index (χ2n) is 8.45. The van der Waals surface area contributed by atoms with Gasteiger partial charge in [0.15, 0.2) is 11.4 Å². The molecule has 178 valence electrons. The maximum Gasteiger partial charge on any atom is 0.295 e. The van der Waals surface area contributed by atoms with Crippen LogP contribution in [0.4, 0.5) is 0 Å². The number of pyridine rings is 1. The van der Waals surface area contributed by atoms with Gasteiger partial charge in [0, 0.05) is 44.8 Å². The molecule has 0 saturated carbocycles. The van der Waals surface area contributed by atoms with Gasteiger partial charge < -0.3 is 14.6 Å². The van der Waals surface area contributed by atoms with Gasteiger partial charge in [-0.15, -0.1) is 0 Å². The predicted octanol–water partition coefficient (Wildman–Crippen LogP) is 2.51. The highest BCUT2D eigenvalue weighted by Gasteiger charge is 2.28. The number of aromatic nitrogens is 2. The molecule has 1 aliphatic rings. The van der Waals surface area contributed by atoms with E-state index in [1.54, 1.807) is 43.3 Å². The van der Waals surface area contributed by atoms with E-state index >= 15 is 0 Å². The Balaban J connectivity index is 1.48. The number of likely N-dealkylation sites (tertiary alicyclic amines) is 1. The molecule has 3 aromatic rings. The van der Waals surface area contributed by atoms with E-state index in [-0.39, 0.29) is 35.6 Å². The molecule has 3 heterocycles. The van der Waals surface area contributed by atoms with E-state index in [1.807, 2.05) is 18.2 Å². The number of ether oxygens (including phenoxy) is 1. The summed E-state index contributed by atoms with van der Waals surface area (Å²) < 4.78 is 7.39. The van der Waals surface area contributed by atoms with Crippen LogP contribution in [-0.4, -0.2) is 50.6 Å². The van der Waals surface area contributed by atoms with Crippen LogP contribution in [0, 0.1) is 0 Å². The first-order valence-electron chi connectivity index (χ1n) is 11.3. The van der Waals surface area contributed by atoms with Gasteiger partial charge in [0.1, 0.15) is 6.61 Å². The van der Waals surface area contributed by atoms with Gasteiger partial charge in [-0.3, -0.25) is 24.7 Å². The average molecular weight is 464 g/mol. The molecular formula is C25H29N5O4. The van der Waals surface area contributed by atoms with Crippen LogP contribution in [0.5, 0.6) is 5.75 Å². The van der Waals surface area contributed by atoms with Crippen LogP contribution in [-0.2, 0) is 20.2 Å². The summed E-state index contributed by atoms with van der Waals surface area (Å²) in [7, 11) is 1.63. The van der Waals surface area contributed by atoms with Crippen LogP contribution < -0.4 is 15.5 Å². The number of nitrogens with one attached hydrogen (secondary N) is 2. The summed E-state index contributed by atoms with van der Waals surface area (Å²) in [5.74, 6) is -0.942. The fraction of sp³-hybridized carbons (Fsp3) is 0.320. The number of rotatable bonds is 8. The number of hydrogen-bond acceptors (Lipinski definition) is 6. The van der Waals surface area contributed by atoms with Gasteiger partial charge >= 0.3 is 0 Å². The first-order valence-corrected chi connectivity index (χ1v) is 11.3. The van der Waals surface area contributed by atoms with E-state index in [1.165, 1.54) is 10.1 Å². The van der Waals surface area contributed by atoms with E-state index in [0.717, 1.165) is 38.0 Å². The Bertz CT molecular complexity index is 1120. The second-order valence-corrected chi connectivity index (χ2v) is 8.45. The third kappa shape index (κ3) is 5.62. The lowest BCUT2D eigenvalue weighted by atomic mass is 10.0. The molecule has 1 aliphatic heterocycles. The zero-order valence-electron chi connectivity index (χ0n) is 19.1. The normalized spacial score (nSPS) is 16.1. The highest BCUT2D eigenvalue weighted by atomic mass is 16.5. The van der Waals surface area contributed by atoms with Crippen molar-refractivity contribution in [2.75, 3.05) is 13.1 Å². The smallest absolute Gasteiger partial charge is 0.295 e. The summed E-state index contributed by atoms with van der Waals surface area (Å²) in [6.45, 7) is 2.70. The molecule has 1 aromatic carbocycles. The summed E-state index contributed by atoms with van der Waals surface area (Å²) in [6.07, 6.45) is 6.69. The van der Waals surface area contributed by atoms with Crippen molar-refractivity contribution in [2.24, 2.45) is 7.05 Å². The monoisotopic (exact) mass is 463 g/mol. The van der Waals surface area contributed by atoms with Gasteiger partial charge in [-0.05, 0) is 42.6 Å². The van der Waals surface area contributed by atoms with Crippen LogP contribution in [0.3, 0.4) is 0 Å². The average Bonchev–Trinajstić information content (AvgIpc) is 3.20. The Morgan fingerprint density at radius 3 is 2.62 bits per heavy atom. The number of piperidine rings is 1. The lowest BCUT2D eigenvalue weighted by Gasteiger charge is -2.33.